The number of rotatable bonds is 5. The molecule has 0 aromatic rings. The molecule has 1 unspecified atom stereocenters. The first-order valence-electron chi connectivity index (χ1n) is 3.43. The number of carbonyl (C=O) groups is 1. The van der Waals surface area contributed by atoms with Gasteiger partial charge in [-0.25, -0.2) is 0 Å². The second-order valence-corrected chi connectivity index (χ2v) is 2.52. The van der Waals surface area contributed by atoms with Gasteiger partial charge in [0.2, 0.25) is 0 Å². The third-order valence-electron chi connectivity index (χ3n) is 1.26. The Kier molecular flexibility index (Phi) is 4.74. The Morgan fingerprint density at radius 1 is 1.73 bits per heavy atom. The van der Waals surface area contributed by atoms with E-state index in [4.69, 9.17) is 5.11 Å². The smallest absolute Gasteiger partial charge is 0.160 e. The van der Waals surface area contributed by atoms with E-state index in [9.17, 15) is 4.79 Å². The van der Waals surface area contributed by atoms with Gasteiger partial charge in [0.1, 0.15) is 0 Å². The fourth-order valence-electron chi connectivity index (χ4n) is 0.640. The first-order chi connectivity index (χ1) is 5.07. The van der Waals surface area contributed by atoms with Crippen LogP contribution in [0.3, 0.4) is 0 Å². The van der Waals surface area contributed by atoms with Crippen LogP contribution >= 0.6 is 0 Å². The van der Waals surface area contributed by atoms with Gasteiger partial charge in [0, 0.05) is 13.5 Å². The number of allylic oxidation sites excluding steroid dienone is 1. The molecule has 0 rings (SSSR count). The Morgan fingerprint density at radius 3 is 2.64 bits per heavy atom. The van der Waals surface area contributed by atoms with Gasteiger partial charge in [0.05, 0.1) is 12.7 Å². The minimum absolute atomic E-state index is 0.100. The van der Waals surface area contributed by atoms with Gasteiger partial charge in [0.25, 0.3) is 0 Å². The predicted octanol–water partition coefficient (Wildman–Crippen LogP) is 0.529. The Labute approximate surface area is 66.7 Å². The maximum Gasteiger partial charge on any atom is 0.160 e. The van der Waals surface area contributed by atoms with E-state index >= 15 is 0 Å². The van der Waals surface area contributed by atoms with Crippen LogP contribution in [0.5, 0.6) is 0 Å². The van der Waals surface area contributed by atoms with E-state index in [0.717, 1.165) is 0 Å². The number of ether oxygens (including phenoxy) is 1. The summed E-state index contributed by atoms with van der Waals surface area (Å²) in [6, 6.07) is 0. The van der Waals surface area contributed by atoms with Crippen molar-refractivity contribution < 1.29 is 14.6 Å². The number of hydrogen-bond donors (Lipinski definition) is 1. The van der Waals surface area contributed by atoms with Crippen molar-refractivity contribution in [1.82, 2.24) is 0 Å². The second kappa shape index (κ2) is 5.04. The van der Waals surface area contributed by atoms with E-state index in [1.807, 2.05) is 0 Å². The summed E-state index contributed by atoms with van der Waals surface area (Å²) >= 11 is 0. The van der Waals surface area contributed by atoms with Crippen molar-refractivity contribution in [3.8, 4) is 0 Å². The highest BCUT2D eigenvalue weighted by atomic mass is 16.5. The molecule has 0 radical (unpaired) electrons. The average Bonchev–Trinajstić information content (AvgIpc) is 1.87. The summed E-state index contributed by atoms with van der Waals surface area (Å²) in [6.45, 7) is 5.29. The predicted molar refractivity (Wildman–Crippen MR) is 42.3 cm³/mol. The van der Waals surface area contributed by atoms with Gasteiger partial charge in [-0.3, -0.25) is 4.79 Å². The number of aliphatic hydroxyl groups excluding tert-OH is 1. The molecule has 0 bridgehead atoms. The number of ketones is 1. The molecule has 0 spiro atoms. The zero-order valence-electron chi connectivity index (χ0n) is 6.96. The highest BCUT2D eigenvalue weighted by molar-refractivity contribution is 5.94. The van der Waals surface area contributed by atoms with Crippen molar-refractivity contribution in [2.75, 3.05) is 13.7 Å². The molecule has 0 aromatic heterocycles. The lowest BCUT2D eigenvalue weighted by atomic mass is 10.1. The first-order valence-corrected chi connectivity index (χ1v) is 3.43. The minimum atomic E-state index is -0.704. The lowest BCUT2D eigenvalue weighted by molar-refractivity contribution is -0.118. The van der Waals surface area contributed by atoms with Crippen LogP contribution in [0, 0.1) is 0 Å². The molecule has 0 aromatic carbocycles. The van der Waals surface area contributed by atoms with Crippen LogP contribution < -0.4 is 0 Å². The maximum atomic E-state index is 10.9. The molecular formula is C8H14O3. The Balaban J connectivity index is 3.66. The summed E-state index contributed by atoms with van der Waals surface area (Å²) in [5.74, 6) is -0.116. The third-order valence-corrected chi connectivity index (χ3v) is 1.26. The third kappa shape index (κ3) is 4.70. The van der Waals surface area contributed by atoms with Gasteiger partial charge in [-0.15, -0.1) is 0 Å². The number of aliphatic hydroxyl groups is 1. The molecule has 64 valence electrons. The summed E-state index contributed by atoms with van der Waals surface area (Å²) in [6.07, 6.45) is -0.604. The van der Waals surface area contributed by atoms with Gasteiger partial charge >= 0.3 is 0 Å². The summed E-state index contributed by atoms with van der Waals surface area (Å²) < 4.78 is 4.65. The molecule has 3 nitrogen and oxygen atoms in total. The van der Waals surface area contributed by atoms with Crippen molar-refractivity contribution in [1.29, 1.82) is 0 Å². The molecule has 0 amide bonds. The van der Waals surface area contributed by atoms with Gasteiger partial charge in [0.15, 0.2) is 5.78 Å². The molecule has 1 atom stereocenters. The molecule has 0 fully saturated rings. The van der Waals surface area contributed by atoms with Crippen LogP contribution in [0.4, 0.5) is 0 Å². The Morgan fingerprint density at radius 2 is 2.27 bits per heavy atom. The van der Waals surface area contributed by atoms with Crippen molar-refractivity contribution >= 4 is 5.78 Å². The topological polar surface area (TPSA) is 46.5 Å². The molecule has 0 saturated heterocycles. The molecule has 0 aliphatic heterocycles. The van der Waals surface area contributed by atoms with Crippen LogP contribution in [0.25, 0.3) is 0 Å². The van der Waals surface area contributed by atoms with Gasteiger partial charge in [-0.2, -0.15) is 0 Å². The molecule has 0 heterocycles. The molecule has 0 saturated carbocycles. The van der Waals surface area contributed by atoms with Crippen LogP contribution in [-0.2, 0) is 9.53 Å². The zero-order valence-corrected chi connectivity index (χ0v) is 6.96. The van der Waals surface area contributed by atoms with Crippen LogP contribution in [0.2, 0.25) is 0 Å². The average molecular weight is 158 g/mol. The summed E-state index contributed by atoms with van der Waals surface area (Å²) in [5, 5.41) is 9.08. The van der Waals surface area contributed by atoms with Gasteiger partial charge in [-0.05, 0) is 12.5 Å². The molecular weight excluding hydrogens is 144 g/mol. The maximum absolute atomic E-state index is 10.9. The number of carbonyl (C=O) groups excluding carboxylic acids is 1. The van der Waals surface area contributed by atoms with Crippen molar-refractivity contribution in [2.45, 2.75) is 19.4 Å². The second-order valence-electron chi connectivity index (χ2n) is 2.52. The standard InChI is InChI=1S/C8H14O3/c1-6(2)8(10)4-7(9)5-11-3/h7,9H,1,4-5H2,2-3H3. The van der Waals surface area contributed by atoms with Crippen molar-refractivity contribution in [3.63, 3.8) is 0 Å². The summed E-state index contributed by atoms with van der Waals surface area (Å²) in [4.78, 5) is 10.9. The van der Waals surface area contributed by atoms with Crippen LogP contribution in [0.1, 0.15) is 13.3 Å². The van der Waals surface area contributed by atoms with E-state index in [-0.39, 0.29) is 18.8 Å². The van der Waals surface area contributed by atoms with E-state index in [0.29, 0.717) is 5.57 Å². The fourth-order valence-corrected chi connectivity index (χ4v) is 0.640. The molecule has 0 aliphatic carbocycles. The van der Waals surface area contributed by atoms with Gasteiger partial charge < -0.3 is 9.84 Å². The SMILES string of the molecule is C=C(C)C(=O)CC(O)COC. The lowest BCUT2D eigenvalue weighted by Gasteiger charge is -2.07. The molecule has 11 heavy (non-hydrogen) atoms. The Hall–Kier alpha value is -0.670. The fraction of sp³-hybridized carbons (Fsp3) is 0.625. The van der Waals surface area contributed by atoms with Gasteiger partial charge in [-0.1, -0.05) is 6.58 Å². The monoisotopic (exact) mass is 158 g/mol. The quantitative estimate of drug-likeness (QED) is 0.594. The summed E-state index contributed by atoms with van der Waals surface area (Å²) in [5.41, 5.74) is 0.472. The van der Waals surface area contributed by atoms with Crippen LogP contribution in [0.15, 0.2) is 12.2 Å². The summed E-state index contributed by atoms with van der Waals surface area (Å²) in [7, 11) is 1.48. The van der Waals surface area contributed by atoms with E-state index < -0.39 is 6.10 Å². The number of methoxy groups -OCH3 is 1. The van der Waals surface area contributed by atoms with E-state index in [1.165, 1.54) is 7.11 Å². The van der Waals surface area contributed by atoms with Crippen molar-refractivity contribution in [3.05, 3.63) is 12.2 Å². The van der Waals surface area contributed by atoms with Crippen molar-refractivity contribution in [2.24, 2.45) is 0 Å². The van der Waals surface area contributed by atoms with E-state index in [2.05, 4.69) is 11.3 Å². The number of hydrogen-bond acceptors (Lipinski definition) is 3. The molecule has 0 aliphatic rings. The Bertz CT molecular complexity index is 151. The molecule has 1 N–H and O–H groups in total. The zero-order chi connectivity index (χ0) is 8.85. The molecule has 3 heteroatoms. The number of Topliss-reactive ketones (excluding diaryl/α,β-unsaturated/α-hetero) is 1. The first kappa shape index (κ1) is 10.3. The highest BCUT2D eigenvalue weighted by Gasteiger charge is 2.10. The largest absolute Gasteiger partial charge is 0.390 e. The minimum Gasteiger partial charge on any atom is -0.390 e. The highest BCUT2D eigenvalue weighted by Crippen LogP contribution is 1.99. The lowest BCUT2D eigenvalue weighted by Crippen LogP contribution is -2.18. The van der Waals surface area contributed by atoms with E-state index in [1.54, 1.807) is 6.92 Å². The normalized spacial score (nSPS) is 12.6. The van der Waals surface area contributed by atoms with Crippen LogP contribution in [-0.4, -0.2) is 30.7 Å².